The summed E-state index contributed by atoms with van der Waals surface area (Å²) in [6, 6.07) is 4.55. The van der Waals surface area contributed by atoms with Gasteiger partial charge in [0.2, 0.25) is 0 Å². The summed E-state index contributed by atoms with van der Waals surface area (Å²) in [6.45, 7) is 4.15. The van der Waals surface area contributed by atoms with Gasteiger partial charge in [0.1, 0.15) is 0 Å². The molecule has 0 aliphatic heterocycles. The van der Waals surface area contributed by atoms with Gasteiger partial charge in [-0.1, -0.05) is 18.7 Å². The summed E-state index contributed by atoms with van der Waals surface area (Å²) in [5.41, 5.74) is 8.41. The molecule has 1 unspecified atom stereocenters. The highest BCUT2D eigenvalue weighted by atomic mass is 32.1. The first-order valence-corrected chi connectivity index (χ1v) is 5.83. The lowest BCUT2D eigenvalue weighted by Gasteiger charge is -2.19. The quantitative estimate of drug-likeness (QED) is 0.788. The first-order chi connectivity index (χ1) is 6.77. The minimum atomic E-state index is 0.356. The summed E-state index contributed by atoms with van der Waals surface area (Å²) in [5.74, 6) is 0. The van der Waals surface area contributed by atoms with E-state index < -0.39 is 0 Å². The smallest absolute Gasteiger partial charge is 0.0339 e. The number of nitrogens with two attached hydrogens (primary N) is 1. The zero-order valence-corrected chi connectivity index (χ0v) is 9.02. The zero-order valence-electron chi connectivity index (χ0n) is 8.20. The maximum atomic E-state index is 5.84. The van der Waals surface area contributed by atoms with E-state index in [9.17, 15) is 0 Å². The molecule has 0 saturated carbocycles. The van der Waals surface area contributed by atoms with Gasteiger partial charge >= 0.3 is 0 Å². The molecule has 1 nitrogen and oxygen atoms in total. The predicted octanol–water partition coefficient (Wildman–Crippen LogP) is 3.20. The average molecular weight is 205 g/mol. The Balaban J connectivity index is 2.13. The molecule has 0 bridgehead atoms. The molecular formula is C12H15NS. The number of hydrogen-bond acceptors (Lipinski definition) is 2. The van der Waals surface area contributed by atoms with E-state index in [1.165, 1.54) is 16.0 Å². The van der Waals surface area contributed by atoms with Crippen molar-refractivity contribution in [2.75, 3.05) is 0 Å². The Morgan fingerprint density at radius 3 is 3.00 bits per heavy atom. The van der Waals surface area contributed by atoms with Gasteiger partial charge in [-0.05, 0) is 41.9 Å². The highest BCUT2D eigenvalue weighted by Gasteiger charge is 2.13. The third-order valence-corrected chi connectivity index (χ3v) is 3.59. The van der Waals surface area contributed by atoms with Gasteiger partial charge in [0, 0.05) is 10.9 Å². The molecular weight excluding hydrogens is 190 g/mol. The van der Waals surface area contributed by atoms with Crippen molar-refractivity contribution >= 4 is 16.9 Å². The van der Waals surface area contributed by atoms with Crippen molar-refractivity contribution in [2.45, 2.75) is 25.3 Å². The van der Waals surface area contributed by atoms with Crippen LogP contribution in [0, 0.1) is 0 Å². The third kappa shape index (κ3) is 1.97. The monoisotopic (exact) mass is 205 g/mol. The van der Waals surface area contributed by atoms with Crippen LogP contribution in [-0.2, 0) is 0 Å². The zero-order chi connectivity index (χ0) is 9.97. The Kier molecular flexibility index (Phi) is 2.85. The molecule has 1 aliphatic rings. The van der Waals surface area contributed by atoms with Crippen molar-refractivity contribution in [3.05, 3.63) is 40.6 Å². The summed E-state index contributed by atoms with van der Waals surface area (Å²) in [4.78, 5) is 1.28. The predicted molar refractivity (Wildman–Crippen MR) is 63.3 cm³/mol. The van der Waals surface area contributed by atoms with Crippen molar-refractivity contribution in [2.24, 2.45) is 5.73 Å². The molecule has 0 fully saturated rings. The van der Waals surface area contributed by atoms with Gasteiger partial charge in [0.05, 0.1) is 0 Å². The Labute approximate surface area is 88.9 Å². The van der Waals surface area contributed by atoms with Crippen LogP contribution in [0.4, 0.5) is 0 Å². The van der Waals surface area contributed by atoms with Crippen molar-refractivity contribution in [3.8, 4) is 0 Å². The topological polar surface area (TPSA) is 26.0 Å². The van der Waals surface area contributed by atoms with Crippen LogP contribution in [-0.4, -0.2) is 6.04 Å². The molecule has 2 rings (SSSR count). The molecule has 0 spiro atoms. The minimum Gasteiger partial charge on any atom is -0.327 e. The molecule has 2 heteroatoms. The largest absolute Gasteiger partial charge is 0.327 e. The summed E-state index contributed by atoms with van der Waals surface area (Å²) in [6.07, 6.45) is 5.42. The molecule has 2 N–H and O–H groups in total. The van der Waals surface area contributed by atoms with E-state index in [2.05, 4.69) is 30.2 Å². The van der Waals surface area contributed by atoms with Crippen LogP contribution in [0.1, 0.15) is 24.1 Å². The first kappa shape index (κ1) is 9.69. The lowest BCUT2D eigenvalue weighted by Crippen LogP contribution is -2.21. The highest BCUT2D eigenvalue weighted by molar-refractivity contribution is 7.11. The maximum absolute atomic E-state index is 5.84. The Bertz CT molecular complexity index is 348. The maximum Gasteiger partial charge on any atom is 0.0339 e. The second-order valence-corrected chi connectivity index (χ2v) is 4.67. The molecule has 1 aliphatic carbocycles. The van der Waals surface area contributed by atoms with Gasteiger partial charge in [-0.2, -0.15) is 0 Å². The van der Waals surface area contributed by atoms with Crippen LogP contribution in [0.25, 0.3) is 5.57 Å². The SMILES string of the molecule is C=C(C1=CCC(N)CC1)c1cccs1. The van der Waals surface area contributed by atoms with Gasteiger partial charge in [-0.3, -0.25) is 0 Å². The summed E-state index contributed by atoms with van der Waals surface area (Å²) >= 11 is 1.75. The van der Waals surface area contributed by atoms with Crippen molar-refractivity contribution < 1.29 is 0 Å². The number of thiophene rings is 1. The lowest BCUT2D eigenvalue weighted by atomic mass is 9.91. The molecule has 74 valence electrons. The fourth-order valence-corrected chi connectivity index (χ4v) is 2.47. The van der Waals surface area contributed by atoms with Gasteiger partial charge in [-0.25, -0.2) is 0 Å². The highest BCUT2D eigenvalue weighted by Crippen LogP contribution is 2.31. The number of hydrogen-bond donors (Lipinski definition) is 1. The van der Waals surface area contributed by atoms with E-state index in [1.807, 2.05) is 0 Å². The molecule has 0 radical (unpaired) electrons. The summed E-state index contributed by atoms with van der Waals surface area (Å²) < 4.78 is 0. The van der Waals surface area contributed by atoms with Crippen LogP contribution >= 0.6 is 11.3 Å². The molecule has 0 saturated heterocycles. The summed E-state index contributed by atoms with van der Waals surface area (Å²) in [5, 5.41) is 2.09. The Morgan fingerprint density at radius 1 is 1.57 bits per heavy atom. The van der Waals surface area contributed by atoms with Crippen LogP contribution in [0.15, 0.2) is 35.7 Å². The fourth-order valence-electron chi connectivity index (χ4n) is 1.74. The van der Waals surface area contributed by atoms with Gasteiger partial charge in [-0.15, -0.1) is 11.3 Å². The first-order valence-electron chi connectivity index (χ1n) is 4.95. The van der Waals surface area contributed by atoms with Crippen molar-refractivity contribution in [1.82, 2.24) is 0 Å². The number of rotatable bonds is 2. The van der Waals surface area contributed by atoms with E-state index in [0.29, 0.717) is 6.04 Å². The van der Waals surface area contributed by atoms with E-state index in [1.54, 1.807) is 11.3 Å². The fraction of sp³-hybridized carbons (Fsp3) is 0.333. The van der Waals surface area contributed by atoms with Gasteiger partial charge in [0.25, 0.3) is 0 Å². The average Bonchev–Trinajstić information content (AvgIpc) is 2.71. The lowest BCUT2D eigenvalue weighted by molar-refractivity contribution is 0.597. The third-order valence-electron chi connectivity index (χ3n) is 2.66. The van der Waals surface area contributed by atoms with Crippen LogP contribution < -0.4 is 5.73 Å². The van der Waals surface area contributed by atoms with E-state index in [0.717, 1.165) is 19.3 Å². The molecule has 14 heavy (non-hydrogen) atoms. The van der Waals surface area contributed by atoms with Crippen LogP contribution in [0.2, 0.25) is 0 Å². The Morgan fingerprint density at radius 2 is 2.43 bits per heavy atom. The van der Waals surface area contributed by atoms with Crippen molar-refractivity contribution in [3.63, 3.8) is 0 Å². The minimum absolute atomic E-state index is 0.356. The molecule has 1 aromatic heterocycles. The molecule has 1 atom stereocenters. The van der Waals surface area contributed by atoms with Crippen LogP contribution in [0.5, 0.6) is 0 Å². The molecule has 1 aromatic rings. The van der Waals surface area contributed by atoms with E-state index >= 15 is 0 Å². The summed E-state index contributed by atoms with van der Waals surface area (Å²) in [7, 11) is 0. The van der Waals surface area contributed by atoms with Gasteiger partial charge in [0.15, 0.2) is 0 Å². The van der Waals surface area contributed by atoms with Gasteiger partial charge < -0.3 is 5.73 Å². The van der Waals surface area contributed by atoms with Crippen molar-refractivity contribution in [1.29, 1.82) is 0 Å². The van der Waals surface area contributed by atoms with E-state index in [-0.39, 0.29) is 0 Å². The van der Waals surface area contributed by atoms with E-state index in [4.69, 9.17) is 5.73 Å². The second-order valence-electron chi connectivity index (χ2n) is 3.72. The standard InChI is InChI=1S/C12H15NS/c1-9(12-3-2-8-14-12)10-4-6-11(13)7-5-10/h2-4,8,11H,1,5-7,13H2. The molecule has 0 aromatic carbocycles. The molecule has 1 heterocycles. The second kappa shape index (κ2) is 4.11. The number of allylic oxidation sites excluding steroid dienone is 2. The normalized spacial score (nSPS) is 21.8. The Hall–Kier alpha value is -0.860. The van der Waals surface area contributed by atoms with Crippen LogP contribution in [0.3, 0.4) is 0 Å². The molecule has 0 amide bonds.